The van der Waals surface area contributed by atoms with Crippen molar-refractivity contribution in [2.24, 2.45) is 11.7 Å². The van der Waals surface area contributed by atoms with Gasteiger partial charge in [-0.2, -0.15) is 0 Å². The second kappa shape index (κ2) is 7.76. The zero-order valence-electron chi connectivity index (χ0n) is 11.3. The second-order valence-corrected chi connectivity index (χ2v) is 4.99. The monoisotopic (exact) mass is 270 g/mol. The average molecular weight is 270 g/mol. The number of rotatable bonds is 7. The Morgan fingerprint density at radius 2 is 1.95 bits per heavy atom. The van der Waals surface area contributed by atoms with Crippen LogP contribution in [0.15, 0.2) is 0 Å². The molecule has 0 radical (unpaired) electrons. The third kappa shape index (κ3) is 5.72. The van der Waals surface area contributed by atoms with Crippen LogP contribution in [0.2, 0.25) is 0 Å². The average Bonchev–Trinajstić information content (AvgIpc) is 2.86. The predicted octanol–water partition coefficient (Wildman–Crippen LogP) is 0.490. The molecule has 0 aromatic carbocycles. The Bertz CT molecular complexity index is 338. The van der Waals surface area contributed by atoms with Gasteiger partial charge in [0, 0.05) is 12.8 Å². The minimum atomic E-state index is -0.798. The number of primary amides is 1. The highest BCUT2D eigenvalue weighted by molar-refractivity contribution is 5.87. The minimum Gasteiger partial charge on any atom is -0.469 e. The molecule has 0 bridgehead atoms. The Morgan fingerprint density at radius 1 is 1.32 bits per heavy atom. The van der Waals surface area contributed by atoms with Crippen LogP contribution in [0.1, 0.15) is 44.9 Å². The zero-order chi connectivity index (χ0) is 14.3. The van der Waals surface area contributed by atoms with Gasteiger partial charge in [-0.05, 0) is 25.2 Å². The highest BCUT2D eigenvalue weighted by atomic mass is 16.5. The van der Waals surface area contributed by atoms with Crippen LogP contribution in [-0.4, -0.2) is 30.9 Å². The number of nitrogens with one attached hydrogen (secondary N) is 1. The van der Waals surface area contributed by atoms with Crippen molar-refractivity contribution in [3.8, 4) is 0 Å². The summed E-state index contributed by atoms with van der Waals surface area (Å²) < 4.78 is 4.49. The van der Waals surface area contributed by atoms with E-state index in [0.29, 0.717) is 12.3 Å². The van der Waals surface area contributed by atoms with Crippen LogP contribution in [0.4, 0.5) is 0 Å². The number of amides is 2. The maximum Gasteiger partial charge on any atom is 0.305 e. The first-order valence-corrected chi connectivity index (χ1v) is 6.68. The van der Waals surface area contributed by atoms with Gasteiger partial charge in [-0.1, -0.05) is 12.8 Å². The first kappa shape index (κ1) is 15.5. The molecule has 0 unspecified atom stereocenters. The first-order valence-electron chi connectivity index (χ1n) is 6.68. The lowest BCUT2D eigenvalue weighted by Gasteiger charge is -2.16. The summed E-state index contributed by atoms with van der Waals surface area (Å²) >= 11 is 0. The maximum atomic E-state index is 11.8. The largest absolute Gasteiger partial charge is 0.469 e. The highest BCUT2D eigenvalue weighted by Gasteiger charge is 2.23. The molecule has 2 amide bonds. The summed E-state index contributed by atoms with van der Waals surface area (Å²) in [5.41, 5.74) is 5.22. The van der Waals surface area contributed by atoms with E-state index in [1.807, 2.05) is 0 Å². The minimum absolute atomic E-state index is 0.0633. The van der Waals surface area contributed by atoms with E-state index in [9.17, 15) is 14.4 Å². The van der Waals surface area contributed by atoms with Crippen molar-refractivity contribution in [1.82, 2.24) is 5.32 Å². The lowest BCUT2D eigenvalue weighted by atomic mass is 10.0. The van der Waals surface area contributed by atoms with Gasteiger partial charge < -0.3 is 15.8 Å². The number of carbonyl (C=O) groups is 3. The molecule has 19 heavy (non-hydrogen) atoms. The van der Waals surface area contributed by atoms with Crippen molar-refractivity contribution in [2.75, 3.05) is 7.11 Å². The van der Waals surface area contributed by atoms with Gasteiger partial charge in [0.25, 0.3) is 0 Å². The third-order valence-electron chi connectivity index (χ3n) is 3.49. The van der Waals surface area contributed by atoms with Gasteiger partial charge in [0.05, 0.1) is 7.11 Å². The van der Waals surface area contributed by atoms with Gasteiger partial charge in [-0.25, -0.2) is 0 Å². The standard InChI is InChI=1S/C13H22N2O4/c1-19-12(17)7-6-10(13(14)18)15-11(16)8-9-4-2-3-5-9/h9-10H,2-8H2,1H3,(H2,14,18)(H,15,16)/t10-/m1/s1. The molecule has 1 fully saturated rings. The SMILES string of the molecule is COC(=O)CC[C@@H](NC(=O)CC1CCCC1)C(N)=O. The van der Waals surface area contributed by atoms with E-state index in [-0.39, 0.29) is 18.7 Å². The van der Waals surface area contributed by atoms with Gasteiger partial charge in [0.1, 0.15) is 6.04 Å². The molecule has 6 heteroatoms. The van der Waals surface area contributed by atoms with E-state index in [2.05, 4.69) is 10.1 Å². The number of hydrogen-bond acceptors (Lipinski definition) is 4. The van der Waals surface area contributed by atoms with Crippen LogP contribution in [0.5, 0.6) is 0 Å². The molecule has 0 saturated heterocycles. The number of ether oxygens (including phenoxy) is 1. The zero-order valence-corrected chi connectivity index (χ0v) is 11.3. The van der Waals surface area contributed by atoms with Gasteiger partial charge in [0.2, 0.25) is 11.8 Å². The fourth-order valence-electron chi connectivity index (χ4n) is 2.38. The van der Waals surface area contributed by atoms with Crippen LogP contribution in [0.3, 0.4) is 0 Å². The van der Waals surface area contributed by atoms with Crippen LogP contribution in [0, 0.1) is 5.92 Å². The van der Waals surface area contributed by atoms with Crippen molar-refractivity contribution >= 4 is 17.8 Å². The molecule has 108 valence electrons. The molecule has 0 aromatic heterocycles. The van der Waals surface area contributed by atoms with Crippen molar-refractivity contribution < 1.29 is 19.1 Å². The summed E-state index contributed by atoms with van der Waals surface area (Å²) in [6, 6.07) is -0.798. The molecule has 1 rings (SSSR count). The molecule has 0 aliphatic heterocycles. The van der Waals surface area contributed by atoms with E-state index < -0.39 is 17.9 Å². The summed E-state index contributed by atoms with van der Waals surface area (Å²) in [4.78, 5) is 34.0. The van der Waals surface area contributed by atoms with Gasteiger partial charge in [-0.3, -0.25) is 14.4 Å². The van der Waals surface area contributed by atoms with E-state index in [0.717, 1.165) is 12.8 Å². The Hall–Kier alpha value is -1.59. The Kier molecular flexibility index (Phi) is 6.32. The summed E-state index contributed by atoms with van der Waals surface area (Å²) in [7, 11) is 1.28. The molecule has 0 heterocycles. The van der Waals surface area contributed by atoms with Gasteiger partial charge >= 0.3 is 5.97 Å². The lowest BCUT2D eigenvalue weighted by Crippen LogP contribution is -2.45. The number of hydrogen-bond donors (Lipinski definition) is 2. The molecule has 1 saturated carbocycles. The maximum absolute atomic E-state index is 11.8. The summed E-state index contributed by atoms with van der Waals surface area (Å²) in [6.07, 6.45) is 5.14. The van der Waals surface area contributed by atoms with E-state index in [4.69, 9.17) is 5.73 Å². The third-order valence-corrected chi connectivity index (χ3v) is 3.49. The van der Waals surface area contributed by atoms with Gasteiger partial charge in [-0.15, -0.1) is 0 Å². The predicted molar refractivity (Wildman–Crippen MR) is 69.0 cm³/mol. The topological polar surface area (TPSA) is 98.5 Å². The van der Waals surface area contributed by atoms with Crippen molar-refractivity contribution in [2.45, 2.75) is 51.0 Å². The molecule has 0 spiro atoms. The molecule has 1 aliphatic rings. The van der Waals surface area contributed by atoms with Crippen molar-refractivity contribution in [1.29, 1.82) is 0 Å². The second-order valence-electron chi connectivity index (χ2n) is 4.99. The Balaban J connectivity index is 2.36. The molecule has 0 aromatic rings. The summed E-state index contributed by atoms with van der Waals surface area (Å²) in [6.45, 7) is 0. The quantitative estimate of drug-likeness (QED) is 0.658. The Morgan fingerprint density at radius 3 is 2.47 bits per heavy atom. The molecule has 1 atom stereocenters. The Labute approximate surface area is 113 Å². The highest BCUT2D eigenvalue weighted by Crippen LogP contribution is 2.27. The molecule has 6 nitrogen and oxygen atoms in total. The molecular weight excluding hydrogens is 248 g/mol. The summed E-state index contributed by atoms with van der Waals surface area (Å²) in [5.74, 6) is -0.797. The van der Waals surface area contributed by atoms with E-state index in [1.165, 1.54) is 20.0 Å². The number of esters is 1. The summed E-state index contributed by atoms with van der Waals surface area (Å²) in [5, 5.41) is 2.60. The van der Waals surface area contributed by atoms with Crippen LogP contribution in [0.25, 0.3) is 0 Å². The smallest absolute Gasteiger partial charge is 0.305 e. The normalized spacial score (nSPS) is 16.9. The van der Waals surface area contributed by atoms with Crippen LogP contribution >= 0.6 is 0 Å². The fourth-order valence-corrected chi connectivity index (χ4v) is 2.38. The molecule has 1 aliphatic carbocycles. The lowest BCUT2D eigenvalue weighted by molar-refractivity contribution is -0.141. The number of methoxy groups -OCH3 is 1. The van der Waals surface area contributed by atoms with Gasteiger partial charge in [0.15, 0.2) is 0 Å². The van der Waals surface area contributed by atoms with Crippen molar-refractivity contribution in [3.05, 3.63) is 0 Å². The number of nitrogens with two attached hydrogens (primary N) is 1. The van der Waals surface area contributed by atoms with Crippen LogP contribution < -0.4 is 11.1 Å². The number of carbonyl (C=O) groups excluding carboxylic acids is 3. The van der Waals surface area contributed by atoms with Crippen molar-refractivity contribution in [3.63, 3.8) is 0 Å². The molecule has 3 N–H and O–H groups in total. The fraction of sp³-hybridized carbons (Fsp3) is 0.769. The van der Waals surface area contributed by atoms with E-state index in [1.54, 1.807) is 0 Å². The first-order chi connectivity index (χ1) is 9.02. The van der Waals surface area contributed by atoms with Crippen LogP contribution in [-0.2, 0) is 19.1 Å². The van der Waals surface area contributed by atoms with E-state index >= 15 is 0 Å². The molecular formula is C13H22N2O4.